The Balaban J connectivity index is 1.90. The molecule has 2 aliphatic rings. The number of amidine groups is 1. The zero-order chi connectivity index (χ0) is 22.1. The second kappa shape index (κ2) is 6.35. The zero-order valence-electron chi connectivity index (χ0n) is 15.3. The molecule has 2 aliphatic heterocycles. The Bertz CT molecular complexity index is 1740. The van der Waals surface area contributed by atoms with Crippen molar-refractivity contribution in [1.82, 2.24) is 9.24 Å². The summed E-state index contributed by atoms with van der Waals surface area (Å²) in [5, 5.41) is 1.18. The number of carbonyl (C=O) groups excluding carboxylic acids is 1. The van der Waals surface area contributed by atoms with E-state index in [9.17, 15) is 21.6 Å². The summed E-state index contributed by atoms with van der Waals surface area (Å²) >= 11 is 0. The minimum atomic E-state index is -4.24. The predicted molar refractivity (Wildman–Crippen MR) is 105 cm³/mol. The van der Waals surface area contributed by atoms with Gasteiger partial charge in [0.05, 0.1) is 6.07 Å². The molecule has 0 spiro atoms. The van der Waals surface area contributed by atoms with Gasteiger partial charge in [0, 0.05) is 16.8 Å². The van der Waals surface area contributed by atoms with E-state index >= 15 is 0 Å². The first-order valence-corrected chi connectivity index (χ1v) is 11.4. The predicted octanol–water partition coefficient (Wildman–Crippen LogP) is -2.21. The highest BCUT2D eigenvalue weighted by atomic mass is 32.2. The first-order chi connectivity index (χ1) is 14.7. The lowest BCUT2D eigenvalue weighted by Crippen LogP contribution is -2.45. The number of benzene rings is 3. The molecule has 0 unspecified atom stereocenters. The Kier molecular flexibility index (Phi) is 4.03. The van der Waals surface area contributed by atoms with Gasteiger partial charge in [0.2, 0.25) is 0 Å². The molecule has 3 aromatic carbocycles. The van der Waals surface area contributed by atoms with Crippen LogP contribution in [0.1, 0.15) is 15.9 Å². The van der Waals surface area contributed by atoms with Crippen molar-refractivity contribution in [3.8, 4) is 0 Å². The van der Waals surface area contributed by atoms with E-state index in [-0.39, 0.29) is 31.9 Å². The van der Waals surface area contributed by atoms with Gasteiger partial charge in [-0.1, -0.05) is 12.1 Å². The fraction of sp³-hybridized carbons (Fsp3) is 0. The molecule has 1 amide bonds. The molecule has 2 heterocycles. The first kappa shape index (κ1) is 19.7. The number of rotatable bonds is 4. The number of carbonyl (C=O) groups is 1. The molecular formula is C18H12N4O7S2+2. The number of hydrogen-bond donors (Lipinski definition) is 2. The van der Waals surface area contributed by atoms with Crippen LogP contribution in [0.3, 0.4) is 0 Å². The molecule has 0 aliphatic carbocycles. The number of hydrogen-bond acceptors (Lipinski definition) is 9. The van der Waals surface area contributed by atoms with E-state index in [4.69, 9.17) is 11.8 Å². The maximum atomic E-state index is 13.3. The van der Waals surface area contributed by atoms with Crippen LogP contribution in [-0.2, 0) is 28.8 Å². The fourth-order valence-electron chi connectivity index (χ4n) is 3.79. The molecule has 0 atom stereocenters. The largest absolute Gasteiger partial charge is 0.575 e. The average Bonchev–Trinajstić information content (AvgIpc) is 3.16. The number of nitrogens with two attached hydrogens (primary N) is 2. The summed E-state index contributed by atoms with van der Waals surface area (Å²) in [5.74, 6) is 9.54. The summed E-state index contributed by atoms with van der Waals surface area (Å²) in [6.07, 6.45) is 0. The van der Waals surface area contributed by atoms with Crippen LogP contribution in [0.25, 0.3) is 10.8 Å². The standard InChI is InChI=1S/C18H12N4O7S2/c19-28-30(24,25)9-4-6-14-13(8-9)21-17-11-5-7-15(31(26,27)29-20)10-2-1-3-12(16(10)11)18(23)22(14)17/h1-8H,19-20H2/q+2. The van der Waals surface area contributed by atoms with Crippen LogP contribution in [0, 0.1) is 0 Å². The third kappa shape index (κ3) is 2.63. The highest BCUT2D eigenvalue weighted by molar-refractivity contribution is 7.87. The van der Waals surface area contributed by atoms with E-state index in [1.807, 2.05) is 0 Å². The van der Waals surface area contributed by atoms with Gasteiger partial charge in [-0.15, -0.1) is 0 Å². The van der Waals surface area contributed by atoms with Crippen LogP contribution in [0.2, 0.25) is 0 Å². The minimum absolute atomic E-state index is 0.193. The van der Waals surface area contributed by atoms with Crippen molar-refractivity contribution in [2.24, 2.45) is 11.8 Å². The molecule has 5 rings (SSSR count). The lowest BCUT2D eigenvalue weighted by Gasteiger charge is -2.12. The van der Waals surface area contributed by atoms with Crippen molar-refractivity contribution in [2.75, 3.05) is 0 Å². The maximum absolute atomic E-state index is 13.3. The van der Waals surface area contributed by atoms with E-state index in [0.717, 1.165) is 0 Å². The molecule has 31 heavy (non-hydrogen) atoms. The highest BCUT2D eigenvalue weighted by Gasteiger charge is 2.48. The Morgan fingerprint density at radius 2 is 1.61 bits per heavy atom. The van der Waals surface area contributed by atoms with Crippen molar-refractivity contribution in [1.29, 1.82) is 0 Å². The summed E-state index contributed by atoms with van der Waals surface area (Å²) in [6.45, 7) is 0. The molecule has 0 radical (unpaired) electrons. The molecule has 4 N–H and O–H groups in total. The molecule has 13 heteroatoms. The normalized spacial score (nSPS) is 14.8. The van der Waals surface area contributed by atoms with Crippen LogP contribution >= 0.6 is 0 Å². The lowest BCUT2D eigenvalue weighted by molar-refractivity contribution is 0.0954. The smallest absolute Gasteiger partial charge is 0.213 e. The van der Waals surface area contributed by atoms with Crippen LogP contribution in [-0.4, -0.2) is 28.6 Å². The lowest BCUT2D eigenvalue weighted by atomic mass is 9.94. The van der Waals surface area contributed by atoms with Gasteiger partial charge < -0.3 is 0 Å². The van der Waals surface area contributed by atoms with Gasteiger partial charge in [0.1, 0.15) is 20.9 Å². The van der Waals surface area contributed by atoms with Crippen LogP contribution < -0.4 is 31.8 Å². The SMILES string of the molecule is NOS(=O)(=O)c1ccc2c(c1)=[N+]=C1c3ccc(S(=O)(=O)ON)c4cccc(c34)C(=O)[N+]=21. The van der Waals surface area contributed by atoms with Crippen molar-refractivity contribution in [3.05, 3.63) is 70.4 Å². The molecule has 0 saturated heterocycles. The molecule has 3 aromatic rings. The van der Waals surface area contributed by atoms with Crippen molar-refractivity contribution in [3.63, 3.8) is 0 Å². The summed E-state index contributed by atoms with van der Waals surface area (Å²) in [5.41, 5.74) is 0.729. The number of nitrogens with zero attached hydrogens (tertiary/aromatic N) is 2. The highest BCUT2D eigenvalue weighted by Crippen LogP contribution is 2.32. The third-order valence-corrected chi connectivity index (χ3v) is 7.35. The average molecular weight is 460 g/mol. The first-order valence-electron chi connectivity index (χ1n) is 8.59. The molecule has 0 saturated carbocycles. The quantitative estimate of drug-likeness (QED) is 0.249. The molecular weight excluding hydrogens is 448 g/mol. The monoisotopic (exact) mass is 460 g/mol. The van der Waals surface area contributed by atoms with Gasteiger partial charge in [-0.3, -0.25) is 0 Å². The Morgan fingerprint density at radius 1 is 0.871 bits per heavy atom. The van der Waals surface area contributed by atoms with E-state index in [2.05, 4.69) is 13.2 Å². The number of amides is 1. The molecule has 156 valence electrons. The van der Waals surface area contributed by atoms with Crippen LogP contribution in [0.5, 0.6) is 0 Å². The molecule has 0 aromatic heterocycles. The zero-order valence-corrected chi connectivity index (χ0v) is 17.0. The fourth-order valence-corrected chi connectivity index (χ4v) is 5.17. The van der Waals surface area contributed by atoms with Gasteiger partial charge >= 0.3 is 42.7 Å². The second-order valence-electron chi connectivity index (χ2n) is 6.67. The molecule has 11 nitrogen and oxygen atoms in total. The van der Waals surface area contributed by atoms with E-state index in [0.29, 0.717) is 16.3 Å². The summed E-state index contributed by atoms with van der Waals surface area (Å²) in [4.78, 5) is 12.9. The number of fused-ring (bicyclic) bond motifs is 3. The van der Waals surface area contributed by atoms with E-state index < -0.39 is 26.1 Å². The van der Waals surface area contributed by atoms with E-state index in [1.54, 1.807) is 12.1 Å². The molecule has 0 bridgehead atoms. The van der Waals surface area contributed by atoms with Crippen molar-refractivity contribution < 1.29 is 30.2 Å². The summed E-state index contributed by atoms with van der Waals surface area (Å²) in [7, 11) is -8.41. The topological polar surface area (TPSA) is 173 Å². The van der Waals surface area contributed by atoms with Crippen LogP contribution in [0.4, 0.5) is 0 Å². The Morgan fingerprint density at radius 3 is 2.32 bits per heavy atom. The van der Waals surface area contributed by atoms with Crippen molar-refractivity contribution in [2.45, 2.75) is 9.79 Å². The van der Waals surface area contributed by atoms with E-state index in [1.165, 1.54) is 41.0 Å². The van der Waals surface area contributed by atoms with Gasteiger partial charge in [-0.25, -0.2) is 4.79 Å². The molecule has 0 fully saturated rings. The van der Waals surface area contributed by atoms with Gasteiger partial charge in [-0.2, -0.15) is 37.2 Å². The Labute approximate surface area is 174 Å². The van der Waals surface area contributed by atoms with Gasteiger partial charge in [0.15, 0.2) is 0 Å². The van der Waals surface area contributed by atoms with Gasteiger partial charge in [0.25, 0.3) is 0 Å². The van der Waals surface area contributed by atoms with Gasteiger partial charge in [-0.05, 0) is 33.5 Å². The second-order valence-corrected chi connectivity index (χ2v) is 9.78. The third-order valence-electron chi connectivity index (χ3n) is 5.11. The summed E-state index contributed by atoms with van der Waals surface area (Å²) < 4.78 is 62.3. The minimum Gasteiger partial charge on any atom is -0.213 e. The van der Waals surface area contributed by atoms with Crippen LogP contribution in [0.15, 0.2) is 58.3 Å². The maximum Gasteiger partial charge on any atom is 0.575 e. The Hall–Kier alpha value is -3.29. The summed E-state index contributed by atoms with van der Waals surface area (Å²) in [6, 6.07) is 11.3. The van der Waals surface area contributed by atoms with Crippen molar-refractivity contribution >= 4 is 42.8 Å².